The highest BCUT2D eigenvalue weighted by Gasteiger charge is 2.21. The smallest absolute Gasteiger partial charge is 0.0705 e. The summed E-state index contributed by atoms with van der Waals surface area (Å²) in [6.07, 6.45) is 8.10. The van der Waals surface area contributed by atoms with Crippen molar-refractivity contribution in [2.75, 3.05) is 0 Å². The Bertz CT molecular complexity index is 564. The molecule has 0 bridgehead atoms. The molecule has 0 saturated heterocycles. The number of rotatable bonds is 3. The van der Waals surface area contributed by atoms with Gasteiger partial charge < -0.3 is 5.32 Å². The second-order valence-corrected chi connectivity index (χ2v) is 6.19. The Morgan fingerprint density at radius 2 is 1.95 bits per heavy atom. The van der Waals surface area contributed by atoms with E-state index in [1.165, 1.54) is 36.6 Å². The van der Waals surface area contributed by atoms with Crippen LogP contribution in [-0.2, 0) is 6.54 Å². The number of pyridine rings is 1. The lowest BCUT2D eigenvalue weighted by molar-refractivity contribution is 0.465. The van der Waals surface area contributed by atoms with Gasteiger partial charge in [0.05, 0.1) is 5.52 Å². The summed E-state index contributed by atoms with van der Waals surface area (Å²) < 4.78 is 0. The van der Waals surface area contributed by atoms with Crippen LogP contribution in [-0.4, -0.2) is 16.4 Å². The standard InChI is InChI=1S/C17H21ClN2/c18-15-7-2-1-3-9-17(15)20-12-13-10-11-19-16-8-5-4-6-14(13)16/h4-6,8,10-11,15,17,20H,1-3,7,9,12H2. The van der Waals surface area contributed by atoms with Crippen LogP contribution in [0.3, 0.4) is 0 Å². The fraction of sp³-hybridized carbons (Fsp3) is 0.471. The fourth-order valence-electron chi connectivity index (χ4n) is 3.04. The molecule has 1 aromatic carbocycles. The van der Waals surface area contributed by atoms with Gasteiger partial charge in [-0.15, -0.1) is 11.6 Å². The van der Waals surface area contributed by atoms with Crippen LogP contribution in [0.2, 0.25) is 0 Å². The maximum Gasteiger partial charge on any atom is 0.0705 e. The number of aromatic nitrogens is 1. The maximum absolute atomic E-state index is 6.50. The number of nitrogens with zero attached hydrogens (tertiary/aromatic N) is 1. The third kappa shape index (κ3) is 3.13. The van der Waals surface area contributed by atoms with Crippen molar-refractivity contribution in [1.82, 2.24) is 10.3 Å². The highest BCUT2D eigenvalue weighted by Crippen LogP contribution is 2.23. The molecular formula is C17H21ClN2. The highest BCUT2D eigenvalue weighted by atomic mass is 35.5. The van der Waals surface area contributed by atoms with E-state index in [2.05, 4.69) is 34.6 Å². The Morgan fingerprint density at radius 3 is 2.90 bits per heavy atom. The molecule has 0 spiro atoms. The minimum Gasteiger partial charge on any atom is -0.308 e. The first-order valence-corrected chi connectivity index (χ1v) is 7.98. The fourth-order valence-corrected chi connectivity index (χ4v) is 3.41. The van der Waals surface area contributed by atoms with Gasteiger partial charge in [-0.1, -0.05) is 37.5 Å². The van der Waals surface area contributed by atoms with Crippen LogP contribution in [0.25, 0.3) is 10.9 Å². The van der Waals surface area contributed by atoms with Gasteiger partial charge in [0.1, 0.15) is 0 Å². The van der Waals surface area contributed by atoms with Crippen molar-refractivity contribution in [3.05, 3.63) is 42.1 Å². The Kier molecular flexibility index (Phi) is 4.54. The van der Waals surface area contributed by atoms with Crippen molar-refractivity contribution in [3.8, 4) is 0 Å². The van der Waals surface area contributed by atoms with E-state index in [-0.39, 0.29) is 5.38 Å². The number of fused-ring (bicyclic) bond motifs is 1. The van der Waals surface area contributed by atoms with Crippen LogP contribution in [0, 0.1) is 0 Å². The molecule has 1 aromatic heterocycles. The molecule has 3 rings (SSSR count). The van der Waals surface area contributed by atoms with Gasteiger partial charge in [-0.25, -0.2) is 0 Å². The first-order valence-electron chi connectivity index (χ1n) is 7.54. The molecule has 1 heterocycles. The summed E-state index contributed by atoms with van der Waals surface area (Å²) in [6.45, 7) is 0.872. The van der Waals surface area contributed by atoms with Crippen molar-refractivity contribution in [3.63, 3.8) is 0 Å². The molecule has 1 fully saturated rings. The SMILES string of the molecule is ClC1CCCCCC1NCc1ccnc2ccccc12. The zero-order chi connectivity index (χ0) is 13.8. The molecule has 106 valence electrons. The van der Waals surface area contributed by atoms with Crippen LogP contribution in [0.5, 0.6) is 0 Å². The molecule has 1 aliphatic carbocycles. The average Bonchev–Trinajstić information content (AvgIpc) is 2.69. The normalized spacial score (nSPS) is 23.6. The van der Waals surface area contributed by atoms with Crippen molar-refractivity contribution >= 4 is 22.5 Å². The predicted molar refractivity (Wildman–Crippen MR) is 85.1 cm³/mol. The Morgan fingerprint density at radius 1 is 1.10 bits per heavy atom. The summed E-state index contributed by atoms with van der Waals surface area (Å²) in [6, 6.07) is 10.9. The molecule has 2 atom stereocenters. The van der Waals surface area contributed by atoms with E-state index < -0.39 is 0 Å². The van der Waals surface area contributed by atoms with E-state index in [4.69, 9.17) is 11.6 Å². The van der Waals surface area contributed by atoms with Crippen molar-refractivity contribution in [2.24, 2.45) is 0 Å². The van der Waals surface area contributed by atoms with E-state index >= 15 is 0 Å². The number of hydrogen-bond donors (Lipinski definition) is 1. The second-order valence-electron chi connectivity index (χ2n) is 5.63. The molecule has 2 unspecified atom stereocenters. The van der Waals surface area contributed by atoms with Crippen molar-refractivity contribution in [1.29, 1.82) is 0 Å². The van der Waals surface area contributed by atoms with Crippen molar-refractivity contribution in [2.45, 2.75) is 50.1 Å². The monoisotopic (exact) mass is 288 g/mol. The van der Waals surface area contributed by atoms with Gasteiger partial charge in [-0.05, 0) is 30.5 Å². The van der Waals surface area contributed by atoms with Crippen LogP contribution in [0.15, 0.2) is 36.5 Å². The summed E-state index contributed by atoms with van der Waals surface area (Å²) in [5.41, 5.74) is 2.37. The quantitative estimate of drug-likeness (QED) is 0.674. The Balaban J connectivity index is 1.73. The summed E-state index contributed by atoms with van der Waals surface area (Å²) in [5.74, 6) is 0. The first-order chi connectivity index (χ1) is 9.84. The van der Waals surface area contributed by atoms with E-state index in [9.17, 15) is 0 Å². The van der Waals surface area contributed by atoms with Gasteiger partial charge in [0.15, 0.2) is 0 Å². The van der Waals surface area contributed by atoms with Crippen LogP contribution >= 0.6 is 11.6 Å². The minimum atomic E-state index is 0.269. The lowest BCUT2D eigenvalue weighted by Crippen LogP contribution is -2.35. The summed E-state index contributed by atoms with van der Waals surface area (Å²) in [4.78, 5) is 4.41. The third-order valence-electron chi connectivity index (χ3n) is 4.23. The van der Waals surface area contributed by atoms with E-state index in [1.54, 1.807) is 0 Å². The average molecular weight is 289 g/mol. The predicted octanol–water partition coefficient (Wildman–Crippen LogP) is 4.26. The molecular weight excluding hydrogens is 268 g/mol. The third-order valence-corrected chi connectivity index (χ3v) is 4.75. The number of alkyl halides is 1. The first kappa shape index (κ1) is 13.8. The topological polar surface area (TPSA) is 24.9 Å². The van der Waals surface area contributed by atoms with Crippen LogP contribution in [0.4, 0.5) is 0 Å². The zero-order valence-corrected chi connectivity index (χ0v) is 12.4. The Hall–Kier alpha value is -1.12. The summed E-state index contributed by atoms with van der Waals surface area (Å²) >= 11 is 6.50. The van der Waals surface area contributed by atoms with Gasteiger partial charge in [0.25, 0.3) is 0 Å². The van der Waals surface area contributed by atoms with Gasteiger partial charge in [-0.3, -0.25) is 4.98 Å². The maximum atomic E-state index is 6.50. The second kappa shape index (κ2) is 6.55. The van der Waals surface area contributed by atoms with Gasteiger partial charge in [-0.2, -0.15) is 0 Å². The molecule has 20 heavy (non-hydrogen) atoms. The highest BCUT2D eigenvalue weighted by molar-refractivity contribution is 6.21. The lowest BCUT2D eigenvalue weighted by Gasteiger charge is -2.21. The minimum absolute atomic E-state index is 0.269. The van der Waals surface area contributed by atoms with E-state index in [0.717, 1.165) is 18.5 Å². The lowest BCUT2D eigenvalue weighted by atomic mass is 10.1. The molecule has 0 aliphatic heterocycles. The number of benzene rings is 1. The summed E-state index contributed by atoms with van der Waals surface area (Å²) in [7, 11) is 0. The van der Waals surface area contributed by atoms with Gasteiger partial charge in [0.2, 0.25) is 0 Å². The molecule has 1 N–H and O–H groups in total. The van der Waals surface area contributed by atoms with Crippen LogP contribution in [0.1, 0.15) is 37.7 Å². The number of para-hydroxylation sites is 1. The van der Waals surface area contributed by atoms with E-state index in [1.807, 2.05) is 12.3 Å². The Labute approximate surface area is 125 Å². The van der Waals surface area contributed by atoms with E-state index in [0.29, 0.717) is 6.04 Å². The van der Waals surface area contributed by atoms with Crippen molar-refractivity contribution < 1.29 is 0 Å². The number of hydrogen-bond acceptors (Lipinski definition) is 2. The number of nitrogens with one attached hydrogen (secondary N) is 1. The molecule has 1 saturated carbocycles. The largest absolute Gasteiger partial charge is 0.308 e. The molecule has 2 aromatic rings. The molecule has 2 nitrogen and oxygen atoms in total. The summed E-state index contributed by atoms with van der Waals surface area (Å²) in [5, 5.41) is 5.17. The number of halogens is 1. The van der Waals surface area contributed by atoms with Gasteiger partial charge >= 0.3 is 0 Å². The molecule has 0 amide bonds. The molecule has 1 aliphatic rings. The zero-order valence-electron chi connectivity index (χ0n) is 11.7. The van der Waals surface area contributed by atoms with Gasteiger partial charge in [0, 0.05) is 29.5 Å². The molecule has 0 radical (unpaired) electrons. The molecule has 3 heteroatoms. The van der Waals surface area contributed by atoms with Crippen LogP contribution < -0.4 is 5.32 Å².